The summed E-state index contributed by atoms with van der Waals surface area (Å²) in [4.78, 5) is 13.8. The van der Waals surface area contributed by atoms with E-state index in [1.54, 1.807) is 0 Å². The van der Waals surface area contributed by atoms with Crippen molar-refractivity contribution >= 4 is 5.97 Å². The van der Waals surface area contributed by atoms with Crippen LogP contribution in [0.5, 0.6) is 5.88 Å². The number of carbonyl (C=O) groups is 1. The van der Waals surface area contributed by atoms with E-state index in [1.165, 1.54) is 0 Å². The molecule has 0 spiro atoms. The number of carboxylic acid groups (broad SMARTS) is 1. The Morgan fingerprint density at radius 1 is 1.29 bits per heavy atom. The summed E-state index contributed by atoms with van der Waals surface area (Å²) in [5.74, 6) is -0.814. The van der Waals surface area contributed by atoms with Crippen LogP contribution in [0, 0.1) is 0 Å². The molecular weight excluding hydrogens is 270 g/mol. The molecule has 0 unspecified atom stereocenters. The van der Waals surface area contributed by atoms with Gasteiger partial charge in [-0.1, -0.05) is 13.8 Å². The minimum Gasteiger partial charge on any atom is -0.477 e. The Labute approximate surface area is 125 Å². The van der Waals surface area contributed by atoms with Crippen molar-refractivity contribution in [1.29, 1.82) is 0 Å². The van der Waals surface area contributed by atoms with Crippen LogP contribution in [0.25, 0.3) is 0 Å². The molecule has 0 amide bonds. The first kappa shape index (κ1) is 15.7. The first-order valence-corrected chi connectivity index (χ1v) is 7.53. The Hall–Kier alpha value is -1.69. The van der Waals surface area contributed by atoms with Gasteiger partial charge in [-0.15, -0.1) is 5.10 Å². The minimum atomic E-state index is -0.987. The summed E-state index contributed by atoms with van der Waals surface area (Å²) in [7, 11) is 2.07. The predicted molar refractivity (Wildman–Crippen MR) is 78.9 cm³/mol. The number of hydrogen-bond acceptors (Lipinski definition) is 5. The summed E-state index contributed by atoms with van der Waals surface area (Å²) in [5.41, 5.74) is 1.66. The molecule has 1 aliphatic heterocycles. The van der Waals surface area contributed by atoms with Crippen LogP contribution in [-0.2, 0) is 12.8 Å². The van der Waals surface area contributed by atoms with Gasteiger partial charge in [0.1, 0.15) is 11.7 Å². The maximum Gasteiger partial charge on any atom is 0.341 e. The second-order valence-electron chi connectivity index (χ2n) is 5.44. The number of carboxylic acids is 1. The number of hydrogen-bond donors (Lipinski definition) is 1. The Morgan fingerprint density at radius 2 is 1.95 bits per heavy atom. The monoisotopic (exact) mass is 293 g/mol. The number of aryl methyl sites for hydroxylation is 1. The lowest BCUT2D eigenvalue weighted by Gasteiger charge is -2.29. The molecule has 1 N–H and O–H groups in total. The largest absolute Gasteiger partial charge is 0.477 e. The minimum absolute atomic E-state index is 0.0192. The van der Waals surface area contributed by atoms with E-state index in [0.717, 1.165) is 37.2 Å². The van der Waals surface area contributed by atoms with Gasteiger partial charge < -0.3 is 14.7 Å². The Kier molecular flexibility index (Phi) is 5.12. The van der Waals surface area contributed by atoms with Crippen molar-refractivity contribution in [2.45, 2.75) is 45.6 Å². The summed E-state index contributed by atoms with van der Waals surface area (Å²) in [6.07, 6.45) is 3.07. The molecule has 2 rings (SSSR count). The molecule has 1 aliphatic rings. The second-order valence-corrected chi connectivity index (χ2v) is 5.44. The zero-order chi connectivity index (χ0) is 15.4. The zero-order valence-electron chi connectivity index (χ0n) is 12.9. The first-order valence-electron chi connectivity index (χ1n) is 7.53. The van der Waals surface area contributed by atoms with Gasteiger partial charge in [0, 0.05) is 13.1 Å². The molecule has 0 atom stereocenters. The number of aromatic nitrogens is 2. The zero-order valence-corrected chi connectivity index (χ0v) is 12.9. The van der Waals surface area contributed by atoms with Gasteiger partial charge in [0.25, 0.3) is 0 Å². The van der Waals surface area contributed by atoms with Gasteiger partial charge in [-0.3, -0.25) is 0 Å². The lowest BCUT2D eigenvalue weighted by atomic mass is 10.0. The third kappa shape index (κ3) is 3.50. The molecule has 6 nitrogen and oxygen atoms in total. The summed E-state index contributed by atoms with van der Waals surface area (Å²) < 4.78 is 5.86. The third-order valence-corrected chi connectivity index (χ3v) is 3.97. The summed E-state index contributed by atoms with van der Waals surface area (Å²) in [6, 6.07) is 0. The Morgan fingerprint density at radius 3 is 2.48 bits per heavy atom. The molecule has 0 radical (unpaired) electrons. The van der Waals surface area contributed by atoms with E-state index in [4.69, 9.17) is 4.74 Å². The van der Waals surface area contributed by atoms with E-state index >= 15 is 0 Å². The molecule has 6 heteroatoms. The highest BCUT2D eigenvalue weighted by Gasteiger charge is 2.25. The van der Waals surface area contributed by atoms with Gasteiger partial charge >= 0.3 is 5.97 Å². The Bertz CT molecular complexity index is 511. The summed E-state index contributed by atoms with van der Waals surface area (Å²) >= 11 is 0. The molecule has 0 aromatic carbocycles. The number of aromatic carboxylic acids is 1. The standard InChI is InChI=1S/C15H23N3O3/c1-4-11-12(5-2)16-17-14(13(11)15(19)20)21-10-6-8-18(3)9-7-10/h10H,4-9H2,1-3H3,(H,19,20). The maximum absolute atomic E-state index is 11.6. The van der Waals surface area contributed by atoms with Crippen LogP contribution in [0.3, 0.4) is 0 Å². The van der Waals surface area contributed by atoms with Crippen LogP contribution in [-0.4, -0.2) is 52.4 Å². The first-order chi connectivity index (χ1) is 10.1. The SMILES string of the molecule is CCc1nnc(OC2CCN(C)CC2)c(C(=O)O)c1CC. The van der Waals surface area contributed by atoms with Crippen LogP contribution in [0.2, 0.25) is 0 Å². The fraction of sp³-hybridized carbons (Fsp3) is 0.667. The van der Waals surface area contributed by atoms with E-state index in [1.807, 2.05) is 13.8 Å². The van der Waals surface area contributed by atoms with Gasteiger partial charge in [0.15, 0.2) is 0 Å². The number of nitrogens with zero attached hydrogens (tertiary/aromatic N) is 3. The smallest absolute Gasteiger partial charge is 0.341 e. The molecular formula is C15H23N3O3. The molecule has 1 fully saturated rings. The average Bonchev–Trinajstić information content (AvgIpc) is 2.48. The molecule has 116 valence electrons. The molecule has 1 saturated heterocycles. The van der Waals surface area contributed by atoms with E-state index in [2.05, 4.69) is 22.1 Å². The van der Waals surface area contributed by atoms with Crippen LogP contribution in [0.15, 0.2) is 0 Å². The highest BCUT2D eigenvalue weighted by atomic mass is 16.5. The Balaban J connectivity index is 2.28. The van der Waals surface area contributed by atoms with Crippen molar-refractivity contribution in [2.24, 2.45) is 0 Å². The average molecular weight is 293 g/mol. The second kappa shape index (κ2) is 6.85. The van der Waals surface area contributed by atoms with Crippen molar-refractivity contribution in [2.75, 3.05) is 20.1 Å². The number of rotatable bonds is 5. The van der Waals surface area contributed by atoms with Crippen molar-refractivity contribution in [1.82, 2.24) is 15.1 Å². The molecule has 1 aromatic rings. The molecule has 21 heavy (non-hydrogen) atoms. The van der Waals surface area contributed by atoms with Crippen molar-refractivity contribution in [3.8, 4) is 5.88 Å². The number of piperidine rings is 1. The quantitative estimate of drug-likeness (QED) is 0.891. The van der Waals surface area contributed by atoms with Crippen molar-refractivity contribution in [3.05, 3.63) is 16.8 Å². The summed E-state index contributed by atoms with van der Waals surface area (Å²) in [5, 5.41) is 17.7. The normalized spacial score (nSPS) is 16.9. The van der Waals surface area contributed by atoms with Gasteiger partial charge in [0.05, 0.1) is 5.69 Å². The fourth-order valence-electron chi connectivity index (χ4n) is 2.72. The van der Waals surface area contributed by atoms with Gasteiger partial charge in [-0.25, -0.2) is 4.79 Å². The van der Waals surface area contributed by atoms with Crippen LogP contribution in [0.1, 0.15) is 48.3 Å². The lowest BCUT2D eigenvalue weighted by Crippen LogP contribution is -2.36. The van der Waals surface area contributed by atoms with E-state index < -0.39 is 5.97 Å². The van der Waals surface area contributed by atoms with E-state index in [-0.39, 0.29) is 17.5 Å². The van der Waals surface area contributed by atoms with Crippen LogP contribution < -0.4 is 4.74 Å². The number of likely N-dealkylation sites (tertiary alicyclic amines) is 1. The molecule has 1 aromatic heterocycles. The maximum atomic E-state index is 11.6. The van der Waals surface area contributed by atoms with Crippen LogP contribution >= 0.6 is 0 Å². The lowest BCUT2D eigenvalue weighted by molar-refractivity contribution is 0.0674. The summed E-state index contributed by atoms with van der Waals surface area (Å²) in [6.45, 7) is 5.79. The molecule has 0 aliphatic carbocycles. The van der Waals surface area contributed by atoms with Gasteiger partial charge in [0.2, 0.25) is 5.88 Å². The highest BCUT2D eigenvalue weighted by molar-refractivity contribution is 5.92. The van der Waals surface area contributed by atoms with Gasteiger partial charge in [-0.2, -0.15) is 5.10 Å². The molecule has 2 heterocycles. The van der Waals surface area contributed by atoms with Crippen molar-refractivity contribution in [3.63, 3.8) is 0 Å². The highest BCUT2D eigenvalue weighted by Crippen LogP contribution is 2.25. The molecule has 0 bridgehead atoms. The van der Waals surface area contributed by atoms with Crippen molar-refractivity contribution < 1.29 is 14.6 Å². The van der Waals surface area contributed by atoms with Crippen LogP contribution in [0.4, 0.5) is 0 Å². The van der Waals surface area contributed by atoms with E-state index in [9.17, 15) is 9.90 Å². The van der Waals surface area contributed by atoms with E-state index in [0.29, 0.717) is 12.8 Å². The topological polar surface area (TPSA) is 75.6 Å². The third-order valence-electron chi connectivity index (χ3n) is 3.97. The number of ether oxygens (including phenoxy) is 1. The fourth-order valence-corrected chi connectivity index (χ4v) is 2.72. The van der Waals surface area contributed by atoms with Gasteiger partial charge in [-0.05, 0) is 38.3 Å². The predicted octanol–water partition coefficient (Wildman–Crippen LogP) is 1.77. The molecule has 0 saturated carbocycles.